The summed E-state index contributed by atoms with van der Waals surface area (Å²) in [7, 11) is 0. The molecule has 2 aromatic heterocycles. The summed E-state index contributed by atoms with van der Waals surface area (Å²) in [4.78, 5) is 17.0. The molecule has 27 heavy (non-hydrogen) atoms. The van der Waals surface area contributed by atoms with Crippen molar-refractivity contribution in [3.05, 3.63) is 76.7 Å². The molecule has 138 valence electrons. The molecule has 4 rings (SSSR count). The fourth-order valence-electron chi connectivity index (χ4n) is 3.53. The van der Waals surface area contributed by atoms with Gasteiger partial charge in [0.1, 0.15) is 0 Å². The van der Waals surface area contributed by atoms with Crippen LogP contribution >= 0.6 is 15.9 Å². The molecule has 6 heteroatoms. The molecule has 1 fully saturated rings. The molecule has 1 aliphatic carbocycles. The zero-order chi connectivity index (χ0) is 18.7. The van der Waals surface area contributed by atoms with E-state index in [-0.39, 0.29) is 5.91 Å². The Morgan fingerprint density at radius 3 is 2.52 bits per heavy atom. The van der Waals surface area contributed by atoms with Gasteiger partial charge in [-0.15, -0.1) is 0 Å². The van der Waals surface area contributed by atoms with Crippen LogP contribution in [-0.4, -0.2) is 20.7 Å². The summed E-state index contributed by atoms with van der Waals surface area (Å²) in [5.74, 6) is 0.647. The minimum Gasteiger partial charge on any atom is -0.308 e. The molecule has 0 radical (unpaired) electrons. The van der Waals surface area contributed by atoms with Crippen LogP contribution in [0.2, 0.25) is 0 Å². The first kappa shape index (κ1) is 17.9. The Balaban J connectivity index is 1.42. The number of rotatable bonds is 6. The van der Waals surface area contributed by atoms with E-state index in [0.29, 0.717) is 5.82 Å². The van der Waals surface area contributed by atoms with Crippen LogP contribution in [0, 0.1) is 0 Å². The fourth-order valence-corrected chi connectivity index (χ4v) is 3.79. The third-order valence-electron chi connectivity index (χ3n) is 5.30. The summed E-state index contributed by atoms with van der Waals surface area (Å²) in [6, 6.07) is 13.9. The number of pyridine rings is 1. The molecule has 0 saturated heterocycles. The van der Waals surface area contributed by atoms with E-state index in [1.807, 2.05) is 53.3 Å². The third-order valence-corrected chi connectivity index (χ3v) is 5.83. The predicted octanol–water partition coefficient (Wildman–Crippen LogP) is 4.34. The molecular weight excluding hydrogens is 404 g/mol. The van der Waals surface area contributed by atoms with Gasteiger partial charge >= 0.3 is 0 Å². The smallest absolute Gasteiger partial charge is 0.236 e. The van der Waals surface area contributed by atoms with Crippen molar-refractivity contribution in [1.82, 2.24) is 14.8 Å². The second-order valence-electron chi connectivity index (χ2n) is 6.97. The van der Waals surface area contributed by atoms with Crippen molar-refractivity contribution in [3.63, 3.8) is 0 Å². The van der Waals surface area contributed by atoms with Crippen LogP contribution in [0.1, 0.15) is 30.4 Å². The lowest BCUT2D eigenvalue weighted by molar-refractivity contribution is -0.124. The molecule has 0 bridgehead atoms. The zero-order valence-corrected chi connectivity index (χ0v) is 16.5. The monoisotopic (exact) mass is 424 g/mol. The van der Waals surface area contributed by atoms with Gasteiger partial charge in [0.05, 0.1) is 5.41 Å². The van der Waals surface area contributed by atoms with E-state index in [1.54, 1.807) is 12.4 Å². The molecule has 3 aromatic rings. The number of nitrogens with one attached hydrogen (secondary N) is 1. The Labute approximate surface area is 167 Å². The van der Waals surface area contributed by atoms with Crippen LogP contribution in [0.4, 0.5) is 5.82 Å². The molecule has 0 aliphatic heterocycles. The first-order chi connectivity index (χ1) is 13.2. The van der Waals surface area contributed by atoms with Gasteiger partial charge in [0.2, 0.25) is 5.91 Å². The number of aromatic nitrogens is 3. The van der Waals surface area contributed by atoms with Crippen LogP contribution < -0.4 is 5.32 Å². The number of carbonyl (C=O) groups is 1. The largest absolute Gasteiger partial charge is 0.308 e. The number of benzene rings is 1. The van der Waals surface area contributed by atoms with Gasteiger partial charge in [-0.2, -0.15) is 5.10 Å². The van der Waals surface area contributed by atoms with Crippen molar-refractivity contribution in [2.24, 2.45) is 0 Å². The average Bonchev–Trinajstić information content (AvgIpc) is 3.09. The van der Waals surface area contributed by atoms with Crippen LogP contribution in [0.25, 0.3) is 0 Å². The summed E-state index contributed by atoms with van der Waals surface area (Å²) in [6.07, 6.45) is 9.20. The maximum atomic E-state index is 13.0. The highest BCUT2D eigenvalue weighted by Gasteiger charge is 2.45. The number of halogens is 1. The van der Waals surface area contributed by atoms with E-state index in [2.05, 4.69) is 31.3 Å². The van der Waals surface area contributed by atoms with Gasteiger partial charge in [-0.3, -0.25) is 14.5 Å². The van der Waals surface area contributed by atoms with Gasteiger partial charge in [0, 0.05) is 35.7 Å². The highest BCUT2D eigenvalue weighted by molar-refractivity contribution is 9.10. The van der Waals surface area contributed by atoms with E-state index < -0.39 is 5.41 Å². The Bertz CT molecular complexity index is 917. The van der Waals surface area contributed by atoms with Gasteiger partial charge in [0.25, 0.3) is 0 Å². The van der Waals surface area contributed by atoms with Crippen molar-refractivity contribution in [3.8, 4) is 0 Å². The highest BCUT2D eigenvalue weighted by atomic mass is 79.9. The van der Waals surface area contributed by atoms with Crippen LogP contribution in [0.3, 0.4) is 0 Å². The van der Waals surface area contributed by atoms with Gasteiger partial charge < -0.3 is 5.32 Å². The van der Waals surface area contributed by atoms with E-state index in [9.17, 15) is 4.79 Å². The fraction of sp³-hybridized carbons (Fsp3) is 0.286. The average molecular weight is 425 g/mol. The highest BCUT2D eigenvalue weighted by Crippen LogP contribution is 2.44. The van der Waals surface area contributed by atoms with Crippen LogP contribution in [0.15, 0.2) is 65.5 Å². The van der Waals surface area contributed by atoms with Crippen molar-refractivity contribution in [2.45, 2.75) is 37.6 Å². The number of aryl methyl sites for hydroxylation is 2. The number of anilines is 1. The van der Waals surface area contributed by atoms with Crippen LogP contribution in [0.5, 0.6) is 0 Å². The summed E-state index contributed by atoms with van der Waals surface area (Å²) < 4.78 is 2.89. The third kappa shape index (κ3) is 3.81. The van der Waals surface area contributed by atoms with Gasteiger partial charge in [-0.1, -0.05) is 34.5 Å². The van der Waals surface area contributed by atoms with E-state index in [4.69, 9.17) is 0 Å². The molecule has 0 spiro atoms. The number of hydrogen-bond acceptors (Lipinski definition) is 3. The first-order valence-corrected chi connectivity index (χ1v) is 9.95. The second-order valence-corrected chi connectivity index (χ2v) is 7.88. The van der Waals surface area contributed by atoms with E-state index in [1.165, 1.54) is 5.56 Å². The van der Waals surface area contributed by atoms with E-state index in [0.717, 1.165) is 42.3 Å². The zero-order valence-electron chi connectivity index (χ0n) is 14.9. The number of hydrogen-bond donors (Lipinski definition) is 1. The molecule has 1 amide bonds. The Morgan fingerprint density at radius 1 is 1.11 bits per heavy atom. The quantitative estimate of drug-likeness (QED) is 0.639. The van der Waals surface area contributed by atoms with Crippen molar-refractivity contribution in [1.29, 1.82) is 0 Å². The van der Waals surface area contributed by atoms with Crippen molar-refractivity contribution >= 4 is 27.7 Å². The lowest BCUT2D eigenvalue weighted by atomic mass is 9.64. The minimum atomic E-state index is -0.429. The maximum Gasteiger partial charge on any atom is 0.236 e. The predicted molar refractivity (Wildman–Crippen MR) is 108 cm³/mol. The molecule has 5 nitrogen and oxygen atoms in total. The first-order valence-electron chi connectivity index (χ1n) is 9.16. The van der Waals surface area contributed by atoms with Gasteiger partial charge in [0.15, 0.2) is 5.82 Å². The van der Waals surface area contributed by atoms with Crippen molar-refractivity contribution in [2.75, 3.05) is 5.32 Å². The molecule has 0 unspecified atom stereocenters. The molecule has 1 saturated carbocycles. The normalized spacial score (nSPS) is 15.1. The molecule has 1 N–H and O–H groups in total. The molecule has 1 aromatic carbocycles. The molecule has 2 heterocycles. The summed E-state index contributed by atoms with van der Waals surface area (Å²) >= 11 is 3.46. The second kappa shape index (κ2) is 7.64. The Morgan fingerprint density at radius 2 is 1.85 bits per heavy atom. The Kier molecular flexibility index (Phi) is 5.07. The minimum absolute atomic E-state index is 0.0375. The van der Waals surface area contributed by atoms with Gasteiger partial charge in [-0.05, 0) is 54.7 Å². The lowest BCUT2D eigenvalue weighted by Crippen LogP contribution is -2.46. The van der Waals surface area contributed by atoms with Gasteiger partial charge in [-0.25, -0.2) is 0 Å². The van der Waals surface area contributed by atoms with E-state index >= 15 is 0 Å². The molecule has 1 aliphatic rings. The Hall–Kier alpha value is -2.47. The number of carbonyl (C=O) groups excluding carboxylic acids is 1. The van der Waals surface area contributed by atoms with Crippen LogP contribution in [-0.2, 0) is 23.2 Å². The number of amides is 1. The SMILES string of the molecule is O=C(Nc1ccn(CCc2ccncc2)n1)C1(c2ccc(Br)cc2)CCC1. The topological polar surface area (TPSA) is 59.8 Å². The lowest BCUT2D eigenvalue weighted by Gasteiger charge is -2.40. The van der Waals surface area contributed by atoms with Crippen molar-refractivity contribution < 1.29 is 4.79 Å². The standard InChI is InChI=1S/C21H21BrN4O/c22-18-4-2-17(3-5-18)21(10-1-11-21)20(27)24-19-9-15-26(25-19)14-8-16-6-12-23-13-7-16/h2-7,9,12-13,15H,1,8,10-11,14H2,(H,24,25,27). The summed E-state index contributed by atoms with van der Waals surface area (Å²) in [5.41, 5.74) is 1.86. The summed E-state index contributed by atoms with van der Waals surface area (Å²) in [6.45, 7) is 0.762. The maximum absolute atomic E-state index is 13.0. The molecule has 0 atom stereocenters. The molecular formula is C21H21BrN4O. The number of nitrogens with zero attached hydrogens (tertiary/aromatic N) is 3. The summed E-state index contributed by atoms with van der Waals surface area (Å²) in [5, 5.41) is 7.53.